The van der Waals surface area contributed by atoms with E-state index in [1.54, 1.807) is 6.08 Å². The Labute approximate surface area is 96.0 Å². The average molecular weight is 216 g/mol. The van der Waals surface area contributed by atoms with Gasteiger partial charge in [-0.3, -0.25) is 4.79 Å². The molecule has 0 bridgehead atoms. The van der Waals surface area contributed by atoms with Crippen molar-refractivity contribution in [1.29, 1.82) is 0 Å². The molecule has 2 heteroatoms. The van der Waals surface area contributed by atoms with Crippen molar-refractivity contribution in [3.63, 3.8) is 0 Å². The summed E-state index contributed by atoms with van der Waals surface area (Å²) in [6.45, 7) is 1.99. The Balaban J connectivity index is 2.45. The van der Waals surface area contributed by atoms with Crippen LogP contribution in [0, 0.1) is 6.92 Å². The second-order valence-corrected chi connectivity index (χ2v) is 3.73. The fourth-order valence-corrected chi connectivity index (χ4v) is 1.32. The van der Waals surface area contributed by atoms with Crippen molar-refractivity contribution in [2.75, 3.05) is 0 Å². The molecule has 0 radical (unpaired) electrons. The van der Waals surface area contributed by atoms with Crippen molar-refractivity contribution in [3.05, 3.63) is 47.5 Å². The highest BCUT2D eigenvalue weighted by molar-refractivity contribution is 6.04. The molecule has 0 heterocycles. The molecular formula is C14H16O2. The van der Waals surface area contributed by atoms with Crippen LogP contribution < -0.4 is 0 Å². The molecule has 0 spiro atoms. The highest BCUT2D eigenvalue weighted by Crippen LogP contribution is 2.05. The molecule has 84 valence electrons. The number of carbonyl (C=O) groups is 2. The van der Waals surface area contributed by atoms with E-state index in [9.17, 15) is 9.59 Å². The molecule has 0 aliphatic heterocycles. The molecule has 16 heavy (non-hydrogen) atoms. The van der Waals surface area contributed by atoms with E-state index >= 15 is 0 Å². The molecule has 0 amide bonds. The number of rotatable bonds is 6. The molecule has 0 fully saturated rings. The number of unbranched alkanes of at least 4 members (excludes halogenated alkanes) is 2. The number of allylic oxidation sites excluding steroid dienone is 2. The summed E-state index contributed by atoms with van der Waals surface area (Å²) in [7, 11) is 0. The lowest BCUT2D eigenvalue weighted by Crippen LogP contribution is -1.93. The highest BCUT2D eigenvalue weighted by Gasteiger charge is 1.99. The highest BCUT2D eigenvalue weighted by atomic mass is 16.1. The van der Waals surface area contributed by atoms with E-state index in [4.69, 9.17) is 0 Å². The van der Waals surface area contributed by atoms with Crippen LogP contribution in [-0.4, -0.2) is 12.1 Å². The minimum Gasteiger partial charge on any atom is -0.303 e. The summed E-state index contributed by atoms with van der Waals surface area (Å²) in [4.78, 5) is 21.7. The molecule has 0 saturated heterocycles. The molecule has 1 rings (SSSR count). The van der Waals surface area contributed by atoms with Gasteiger partial charge in [-0.2, -0.15) is 0 Å². The van der Waals surface area contributed by atoms with Crippen molar-refractivity contribution in [3.8, 4) is 0 Å². The van der Waals surface area contributed by atoms with Crippen LogP contribution in [0.5, 0.6) is 0 Å². The lowest BCUT2D eigenvalue weighted by Gasteiger charge is -1.96. The molecule has 0 atom stereocenters. The molecule has 1 aromatic carbocycles. The van der Waals surface area contributed by atoms with Crippen LogP contribution >= 0.6 is 0 Å². The number of ketones is 1. The largest absolute Gasteiger partial charge is 0.303 e. The molecular weight excluding hydrogens is 200 g/mol. The molecule has 0 unspecified atom stereocenters. The first-order valence-corrected chi connectivity index (χ1v) is 5.45. The summed E-state index contributed by atoms with van der Waals surface area (Å²) in [5.74, 6) is 0.0195. The number of hydrogen-bond donors (Lipinski definition) is 0. The van der Waals surface area contributed by atoms with Crippen LogP contribution in [0.3, 0.4) is 0 Å². The summed E-state index contributed by atoms with van der Waals surface area (Å²) >= 11 is 0. The molecule has 0 saturated carbocycles. The average Bonchev–Trinajstić information content (AvgIpc) is 2.29. The van der Waals surface area contributed by atoms with Gasteiger partial charge in [-0.1, -0.05) is 35.9 Å². The zero-order valence-corrected chi connectivity index (χ0v) is 9.48. The number of aryl methyl sites for hydroxylation is 1. The summed E-state index contributed by atoms with van der Waals surface area (Å²) in [6.07, 6.45) is 6.44. The Bertz CT molecular complexity index is 374. The van der Waals surface area contributed by atoms with E-state index in [0.29, 0.717) is 12.0 Å². The molecule has 0 aliphatic carbocycles. The zero-order chi connectivity index (χ0) is 11.8. The molecule has 1 aromatic rings. The van der Waals surface area contributed by atoms with Crippen molar-refractivity contribution in [2.45, 2.75) is 26.2 Å². The van der Waals surface area contributed by atoms with Crippen molar-refractivity contribution in [1.82, 2.24) is 0 Å². The smallest absolute Gasteiger partial charge is 0.185 e. The van der Waals surface area contributed by atoms with E-state index in [1.807, 2.05) is 37.3 Å². The number of aldehydes is 1. The first kappa shape index (κ1) is 12.4. The summed E-state index contributed by atoms with van der Waals surface area (Å²) in [6, 6.07) is 7.50. The zero-order valence-electron chi connectivity index (χ0n) is 9.48. The van der Waals surface area contributed by atoms with Gasteiger partial charge in [0.15, 0.2) is 5.78 Å². The van der Waals surface area contributed by atoms with Gasteiger partial charge in [0.2, 0.25) is 0 Å². The van der Waals surface area contributed by atoms with E-state index in [0.717, 1.165) is 24.7 Å². The fraction of sp³-hybridized carbons (Fsp3) is 0.286. The fourth-order valence-electron chi connectivity index (χ4n) is 1.32. The first-order chi connectivity index (χ1) is 7.74. The van der Waals surface area contributed by atoms with E-state index in [1.165, 1.54) is 0 Å². The maximum Gasteiger partial charge on any atom is 0.185 e. The van der Waals surface area contributed by atoms with E-state index < -0.39 is 0 Å². The third-order valence-electron chi connectivity index (χ3n) is 2.30. The van der Waals surface area contributed by atoms with Crippen LogP contribution in [0.15, 0.2) is 36.4 Å². The Kier molecular flexibility index (Phi) is 5.20. The first-order valence-electron chi connectivity index (χ1n) is 5.45. The van der Waals surface area contributed by atoms with Gasteiger partial charge in [0, 0.05) is 12.0 Å². The second-order valence-electron chi connectivity index (χ2n) is 3.73. The minimum absolute atomic E-state index is 0.0195. The van der Waals surface area contributed by atoms with Gasteiger partial charge in [-0.15, -0.1) is 0 Å². The second kappa shape index (κ2) is 6.72. The van der Waals surface area contributed by atoms with Gasteiger partial charge < -0.3 is 4.79 Å². The molecule has 0 aliphatic rings. The normalized spacial score (nSPS) is 10.6. The summed E-state index contributed by atoms with van der Waals surface area (Å²) < 4.78 is 0. The van der Waals surface area contributed by atoms with Gasteiger partial charge in [-0.05, 0) is 25.8 Å². The van der Waals surface area contributed by atoms with Gasteiger partial charge in [0.1, 0.15) is 6.29 Å². The van der Waals surface area contributed by atoms with Crippen LogP contribution in [0.25, 0.3) is 0 Å². The monoisotopic (exact) mass is 216 g/mol. The maximum atomic E-state index is 11.6. The van der Waals surface area contributed by atoms with E-state index in [2.05, 4.69) is 0 Å². The topological polar surface area (TPSA) is 34.1 Å². The predicted molar refractivity (Wildman–Crippen MR) is 64.6 cm³/mol. The van der Waals surface area contributed by atoms with Crippen molar-refractivity contribution >= 4 is 12.1 Å². The Morgan fingerprint density at radius 1 is 1.19 bits per heavy atom. The lowest BCUT2D eigenvalue weighted by atomic mass is 10.1. The Morgan fingerprint density at radius 2 is 1.88 bits per heavy atom. The van der Waals surface area contributed by atoms with Crippen molar-refractivity contribution < 1.29 is 9.59 Å². The van der Waals surface area contributed by atoms with Crippen LogP contribution in [-0.2, 0) is 4.79 Å². The molecule has 0 N–H and O–H groups in total. The van der Waals surface area contributed by atoms with Crippen LogP contribution in [0.1, 0.15) is 35.2 Å². The van der Waals surface area contributed by atoms with Gasteiger partial charge in [-0.25, -0.2) is 0 Å². The Hall–Kier alpha value is -1.70. The third-order valence-corrected chi connectivity index (χ3v) is 2.30. The maximum absolute atomic E-state index is 11.6. The van der Waals surface area contributed by atoms with Gasteiger partial charge in [0.25, 0.3) is 0 Å². The summed E-state index contributed by atoms with van der Waals surface area (Å²) in [5.41, 5.74) is 1.85. The SMILES string of the molecule is Cc1ccc(C(=O)/C=C/CCCC=O)cc1. The van der Waals surface area contributed by atoms with Crippen molar-refractivity contribution in [2.24, 2.45) is 0 Å². The molecule has 0 aromatic heterocycles. The number of benzene rings is 1. The van der Waals surface area contributed by atoms with Gasteiger partial charge in [0.05, 0.1) is 0 Å². The lowest BCUT2D eigenvalue weighted by molar-refractivity contribution is -0.107. The number of carbonyl (C=O) groups excluding carboxylic acids is 2. The summed E-state index contributed by atoms with van der Waals surface area (Å²) in [5, 5.41) is 0. The molecule has 2 nitrogen and oxygen atoms in total. The standard InChI is InChI=1S/C14H16O2/c1-12-7-9-13(10-8-12)14(16)6-4-2-3-5-11-15/h4,6-11H,2-3,5H2,1H3/b6-4+. The van der Waals surface area contributed by atoms with E-state index in [-0.39, 0.29) is 5.78 Å². The van der Waals surface area contributed by atoms with Crippen LogP contribution in [0.4, 0.5) is 0 Å². The quantitative estimate of drug-likeness (QED) is 0.317. The third kappa shape index (κ3) is 4.22. The predicted octanol–water partition coefficient (Wildman–Crippen LogP) is 3.10. The van der Waals surface area contributed by atoms with Gasteiger partial charge >= 0.3 is 0 Å². The van der Waals surface area contributed by atoms with Crippen LogP contribution in [0.2, 0.25) is 0 Å². The number of hydrogen-bond acceptors (Lipinski definition) is 2. The minimum atomic E-state index is 0.0195. The Morgan fingerprint density at radius 3 is 2.50 bits per heavy atom.